The van der Waals surface area contributed by atoms with E-state index < -0.39 is 0 Å². The van der Waals surface area contributed by atoms with Gasteiger partial charge < -0.3 is 15.2 Å². The Bertz CT molecular complexity index is 661. The first kappa shape index (κ1) is 13.5. The average Bonchev–Trinajstić information content (AvgIpc) is 2.86. The maximum Gasteiger partial charge on any atom is 0.231 e. The van der Waals surface area contributed by atoms with Crippen molar-refractivity contribution in [3.63, 3.8) is 0 Å². The lowest BCUT2D eigenvalue weighted by atomic mass is 10.2. The number of hydrogen-bond donors (Lipinski definition) is 1. The number of fused-ring (bicyclic) bond motifs is 1. The molecule has 0 unspecified atom stereocenters. The molecule has 0 saturated heterocycles. The molecule has 2 aromatic rings. The molecule has 0 spiro atoms. The highest BCUT2D eigenvalue weighted by atomic mass is 35.5. The van der Waals surface area contributed by atoms with E-state index in [0.29, 0.717) is 16.5 Å². The molecule has 0 bridgehead atoms. The lowest BCUT2D eigenvalue weighted by Crippen LogP contribution is -1.93. The van der Waals surface area contributed by atoms with Gasteiger partial charge in [-0.1, -0.05) is 17.7 Å². The van der Waals surface area contributed by atoms with Crippen molar-refractivity contribution in [1.82, 2.24) is 0 Å². The van der Waals surface area contributed by atoms with Crippen molar-refractivity contribution >= 4 is 29.1 Å². The molecule has 20 heavy (non-hydrogen) atoms. The number of anilines is 1. The summed E-state index contributed by atoms with van der Waals surface area (Å²) in [4.78, 5) is 1.07. The van der Waals surface area contributed by atoms with Crippen molar-refractivity contribution in [3.8, 4) is 11.5 Å². The van der Waals surface area contributed by atoms with Crippen LogP contribution in [0.4, 0.5) is 5.69 Å². The lowest BCUT2D eigenvalue weighted by molar-refractivity contribution is 0.174. The Balaban J connectivity index is 1.77. The van der Waals surface area contributed by atoms with Crippen molar-refractivity contribution in [2.45, 2.75) is 17.6 Å². The standard InChI is InChI=1S/C15H14ClNO2S/c1-9-2-3-14(12(17)4-9)20-7-10-5-11(16)15-13(6-10)18-8-19-15/h2-6H,7-8,17H2,1H3. The molecule has 1 aliphatic heterocycles. The first-order valence-corrected chi connectivity index (χ1v) is 7.57. The van der Waals surface area contributed by atoms with Crippen LogP contribution in [-0.2, 0) is 5.75 Å². The Kier molecular flexibility index (Phi) is 3.68. The molecule has 0 fully saturated rings. The van der Waals surface area contributed by atoms with E-state index in [1.165, 1.54) is 0 Å². The van der Waals surface area contributed by atoms with E-state index in [1.807, 2.05) is 31.2 Å². The number of halogens is 1. The number of nitrogens with two attached hydrogens (primary N) is 1. The fraction of sp³-hybridized carbons (Fsp3) is 0.200. The monoisotopic (exact) mass is 307 g/mol. The van der Waals surface area contributed by atoms with E-state index in [2.05, 4.69) is 6.07 Å². The molecule has 2 N–H and O–H groups in total. The van der Waals surface area contributed by atoms with Crippen molar-refractivity contribution in [3.05, 3.63) is 46.5 Å². The molecular formula is C15H14ClNO2S. The molecule has 0 saturated carbocycles. The van der Waals surface area contributed by atoms with Gasteiger partial charge in [0.1, 0.15) is 0 Å². The summed E-state index contributed by atoms with van der Waals surface area (Å²) < 4.78 is 10.7. The lowest BCUT2D eigenvalue weighted by Gasteiger charge is -2.08. The SMILES string of the molecule is Cc1ccc(SCc2cc(Cl)c3c(c2)OCO3)c(N)c1. The van der Waals surface area contributed by atoms with Crippen LogP contribution in [0.15, 0.2) is 35.2 Å². The van der Waals surface area contributed by atoms with E-state index >= 15 is 0 Å². The van der Waals surface area contributed by atoms with E-state index in [9.17, 15) is 0 Å². The van der Waals surface area contributed by atoms with Gasteiger partial charge in [-0.15, -0.1) is 11.8 Å². The molecule has 2 aromatic carbocycles. The minimum atomic E-state index is 0.233. The quantitative estimate of drug-likeness (QED) is 0.680. The third kappa shape index (κ3) is 2.67. The van der Waals surface area contributed by atoms with Crippen LogP contribution >= 0.6 is 23.4 Å². The van der Waals surface area contributed by atoms with Gasteiger partial charge >= 0.3 is 0 Å². The first-order chi connectivity index (χ1) is 9.63. The normalized spacial score (nSPS) is 12.7. The van der Waals surface area contributed by atoms with Gasteiger partial charge in [0, 0.05) is 16.3 Å². The van der Waals surface area contributed by atoms with E-state index in [0.717, 1.165) is 27.5 Å². The van der Waals surface area contributed by atoms with Crippen LogP contribution in [0.25, 0.3) is 0 Å². The minimum Gasteiger partial charge on any atom is -0.454 e. The van der Waals surface area contributed by atoms with Gasteiger partial charge in [-0.2, -0.15) is 0 Å². The van der Waals surface area contributed by atoms with Gasteiger partial charge in [0.25, 0.3) is 0 Å². The van der Waals surface area contributed by atoms with Crippen LogP contribution in [0, 0.1) is 6.92 Å². The van der Waals surface area contributed by atoms with Crippen LogP contribution in [0.3, 0.4) is 0 Å². The van der Waals surface area contributed by atoms with Crippen LogP contribution in [0.1, 0.15) is 11.1 Å². The minimum absolute atomic E-state index is 0.233. The Morgan fingerprint density at radius 2 is 2.10 bits per heavy atom. The highest BCUT2D eigenvalue weighted by Gasteiger charge is 2.18. The zero-order valence-electron chi connectivity index (χ0n) is 11.0. The zero-order valence-corrected chi connectivity index (χ0v) is 12.6. The van der Waals surface area contributed by atoms with Crippen LogP contribution in [-0.4, -0.2) is 6.79 Å². The largest absolute Gasteiger partial charge is 0.454 e. The summed E-state index contributed by atoms with van der Waals surface area (Å²) in [5, 5.41) is 0.590. The second kappa shape index (κ2) is 5.46. The molecular weight excluding hydrogens is 294 g/mol. The molecule has 0 amide bonds. The van der Waals surface area contributed by atoms with Gasteiger partial charge in [-0.3, -0.25) is 0 Å². The fourth-order valence-electron chi connectivity index (χ4n) is 2.06. The maximum absolute atomic E-state index is 6.17. The van der Waals surface area contributed by atoms with E-state index in [-0.39, 0.29) is 6.79 Å². The third-order valence-electron chi connectivity index (χ3n) is 3.05. The van der Waals surface area contributed by atoms with Crippen LogP contribution in [0.5, 0.6) is 11.5 Å². The second-order valence-corrected chi connectivity index (χ2v) is 6.07. The molecule has 0 aliphatic carbocycles. The third-order valence-corrected chi connectivity index (χ3v) is 4.49. The number of rotatable bonds is 3. The van der Waals surface area contributed by atoms with Gasteiger partial charge in [-0.25, -0.2) is 0 Å². The molecule has 5 heteroatoms. The number of hydrogen-bond acceptors (Lipinski definition) is 4. The predicted molar refractivity (Wildman–Crippen MR) is 82.7 cm³/mol. The average molecular weight is 308 g/mol. The fourth-order valence-corrected chi connectivity index (χ4v) is 3.23. The highest BCUT2D eigenvalue weighted by molar-refractivity contribution is 7.98. The van der Waals surface area contributed by atoms with E-state index in [4.69, 9.17) is 26.8 Å². The van der Waals surface area contributed by atoms with E-state index in [1.54, 1.807) is 11.8 Å². The number of thioether (sulfide) groups is 1. The summed E-state index contributed by atoms with van der Waals surface area (Å²) in [6.07, 6.45) is 0. The summed E-state index contributed by atoms with van der Waals surface area (Å²) in [6, 6.07) is 9.96. The molecule has 3 rings (SSSR count). The summed E-state index contributed by atoms with van der Waals surface area (Å²) in [5.74, 6) is 2.13. The Labute approximate surface area is 127 Å². The van der Waals surface area contributed by atoms with Gasteiger partial charge in [-0.05, 0) is 42.3 Å². The van der Waals surface area contributed by atoms with Crippen LogP contribution < -0.4 is 15.2 Å². The number of nitrogen functional groups attached to an aromatic ring is 1. The Hall–Kier alpha value is -1.52. The molecule has 0 atom stereocenters. The maximum atomic E-state index is 6.17. The smallest absolute Gasteiger partial charge is 0.231 e. The van der Waals surface area contributed by atoms with Gasteiger partial charge in [0.15, 0.2) is 11.5 Å². The molecule has 1 heterocycles. The summed E-state index contributed by atoms with van der Waals surface area (Å²) in [6.45, 7) is 2.26. The second-order valence-electron chi connectivity index (χ2n) is 4.64. The molecule has 1 aliphatic rings. The highest BCUT2D eigenvalue weighted by Crippen LogP contribution is 2.41. The summed E-state index contributed by atoms with van der Waals surface area (Å²) in [5.41, 5.74) is 9.07. The van der Waals surface area contributed by atoms with Gasteiger partial charge in [0.2, 0.25) is 6.79 Å². The Morgan fingerprint density at radius 3 is 2.90 bits per heavy atom. The molecule has 0 aromatic heterocycles. The number of benzene rings is 2. The number of aryl methyl sites for hydroxylation is 1. The summed E-state index contributed by atoms with van der Waals surface area (Å²) >= 11 is 7.85. The first-order valence-electron chi connectivity index (χ1n) is 6.20. The molecule has 3 nitrogen and oxygen atoms in total. The molecule has 104 valence electrons. The topological polar surface area (TPSA) is 44.5 Å². The van der Waals surface area contributed by atoms with Crippen molar-refractivity contribution in [2.24, 2.45) is 0 Å². The van der Waals surface area contributed by atoms with Crippen molar-refractivity contribution in [2.75, 3.05) is 12.5 Å². The van der Waals surface area contributed by atoms with Crippen LogP contribution in [0.2, 0.25) is 5.02 Å². The predicted octanol–water partition coefficient (Wildman–Crippen LogP) is 4.25. The molecule has 0 radical (unpaired) electrons. The summed E-state index contributed by atoms with van der Waals surface area (Å²) in [7, 11) is 0. The van der Waals surface area contributed by atoms with Gasteiger partial charge in [0.05, 0.1) is 5.02 Å². The zero-order chi connectivity index (χ0) is 14.1. The van der Waals surface area contributed by atoms with Crippen molar-refractivity contribution in [1.29, 1.82) is 0 Å². The Morgan fingerprint density at radius 1 is 1.25 bits per heavy atom. The number of ether oxygens (including phenoxy) is 2. The van der Waals surface area contributed by atoms with Crippen molar-refractivity contribution < 1.29 is 9.47 Å².